The number of pyridine rings is 1. The van der Waals surface area contributed by atoms with Crippen molar-refractivity contribution in [2.24, 2.45) is 5.92 Å². The Morgan fingerprint density at radius 3 is 2.67 bits per heavy atom. The van der Waals surface area contributed by atoms with Crippen molar-refractivity contribution in [2.75, 3.05) is 0 Å². The van der Waals surface area contributed by atoms with Crippen LogP contribution in [-0.4, -0.2) is 25.8 Å². The number of phenols is 1. The zero-order valence-corrected chi connectivity index (χ0v) is 22.3. The van der Waals surface area contributed by atoms with E-state index in [-0.39, 0.29) is 17.7 Å². The van der Waals surface area contributed by atoms with E-state index < -0.39 is 0 Å². The van der Waals surface area contributed by atoms with E-state index in [1.807, 2.05) is 48.8 Å². The molecule has 0 spiro atoms. The molecule has 4 aromatic rings. The van der Waals surface area contributed by atoms with E-state index in [0.29, 0.717) is 24.7 Å². The standard InChI is InChI=1S/C33H34N4O2/c1-22-29-21-35-37(27-8-5-17-34-20-27)31(29)19-26-13-12-25(33(22)26)18-30(24-6-3-2-4-7-24)36-32(39)16-11-23-9-14-28(38)15-10-23/h2-10,14-15,17,20-22,25,30,38H,11-13,16,18-19H2,1H3,(H,36,39)/t22-,25+,30?/m0/s1. The first kappa shape index (κ1) is 25.1. The summed E-state index contributed by atoms with van der Waals surface area (Å²) < 4.78 is 2.05. The van der Waals surface area contributed by atoms with Crippen LogP contribution in [0.2, 0.25) is 0 Å². The summed E-state index contributed by atoms with van der Waals surface area (Å²) in [6.45, 7) is 2.31. The van der Waals surface area contributed by atoms with Crippen molar-refractivity contribution in [1.29, 1.82) is 0 Å². The van der Waals surface area contributed by atoms with Gasteiger partial charge < -0.3 is 10.4 Å². The van der Waals surface area contributed by atoms with Gasteiger partial charge in [0.05, 0.1) is 29.8 Å². The minimum absolute atomic E-state index is 0.0397. The number of hydrogen-bond donors (Lipinski definition) is 2. The smallest absolute Gasteiger partial charge is 0.220 e. The van der Waals surface area contributed by atoms with Gasteiger partial charge in [0.25, 0.3) is 0 Å². The maximum Gasteiger partial charge on any atom is 0.220 e. The molecule has 0 saturated carbocycles. The molecular weight excluding hydrogens is 484 g/mol. The number of aryl methyl sites for hydroxylation is 1. The number of carbonyl (C=O) groups is 1. The second kappa shape index (κ2) is 10.9. The van der Waals surface area contributed by atoms with E-state index in [4.69, 9.17) is 5.10 Å². The van der Waals surface area contributed by atoms with E-state index in [9.17, 15) is 9.90 Å². The number of nitrogens with zero attached hydrogens (tertiary/aromatic N) is 3. The van der Waals surface area contributed by atoms with Crippen LogP contribution < -0.4 is 5.32 Å². The van der Waals surface area contributed by atoms with Gasteiger partial charge in [0.1, 0.15) is 5.75 Å². The lowest BCUT2D eigenvalue weighted by Crippen LogP contribution is -2.30. The summed E-state index contributed by atoms with van der Waals surface area (Å²) in [5.74, 6) is 1.03. The minimum Gasteiger partial charge on any atom is -0.508 e. The number of aromatic nitrogens is 3. The summed E-state index contributed by atoms with van der Waals surface area (Å²) in [5, 5.41) is 17.6. The summed E-state index contributed by atoms with van der Waals surface area (Å²) in [5.41, 5.74) is 8.87. The number of allylic oxidation sites excluding steroid dienone is 2. The van der Waals surface area contributed by atoms with Gasteiger partial charge in [-0.15, -0.1) is 0 Å². The molecule has 1 amide bonds. The average molecular weight is 519 g/mol. The van der Waals surface area contributed by atoms with E-state index in [0.717, 1.165) is 42.5 Å². The van der Waals surface area contributed by atoms with Gasteiger partial charge >= 0.3 is 0 Å². The number of phenolic OH excluding ortho intramolecular Hbond substituents is 1. The van der Waals surface area contributed by atoms with Crippen LogP contribution in [0.25, 0.3) is 5.69 Å². The van der Waals surface area contributed by atoms with Gasteiger partial charge in [-0.2, -0.15) is 5.10 Å². The molecule has 39 heavy (non-hydrogen) atoms. The molecule has 1 unspecified atom stereocenters. The summed E-state index contributed by atoms with van der Waals surface area (Å²) in [6, 6.07) is 21.4. The van der Waals surface area contributed by atoms with Crippen LogP contribution >= 0.6 is 0 Å². The summed E-state index contributed by atoms with van der Waals surface area (Å²) in [6.07, 6.45) is 10.8. The lowest BCUT2D eigenvalue weighted by atomic mass is 9.77. The van der Waals surface area contributed by atoms with Crippen LogP contribution in [0.3, 0.4) is 0 Å². The summed E-state index contributed by atoms with van der Waals surface area (Å²) in [7, 11) is 0. The summed E-state index contributed by atoms with van der Waals surface area (Å²) in [4.78, 5) is 17.4. The molecule has 3 atom stereocenters. The number of hydrogen-bond acceptors (Lipinski definition) is 4. The van der Waals surface area contributed by atoms with Gasteiger partial charge in [0.2, 0.25) is 5.91 Å². The molecule has 198 valence electrons. The molecule has 0 saturated heterocycles. The maximum absolute atomic E-state index is 13.1. The highest BCUT2D eigenvalue weighted by atomic mass is 16.3. The van der Waals surface area contributed by atoms with Crippen molar-refractivity contribution >= 4 is 5.91 Å². The molecule has 2 aromatic carbocycles. The molecule has 0 bridgehead atoms. The van der Waals surface area contributed by atoms with Crippen LogP contribution in [0.5, 0.6) is 5.75 Å². The van der Waals surface area contributed by atoms with E-state index >= 15 is 0 Å². The van der Waals surface area contributed by atoms with Crippen LogP contribution in [0.15, 0.2) is 96.5 Å². The molecule has 2 aliphatic carbocycles. The maximum atomic E-state index is 13.1. The molecule has 0 radical (unpaired) electrons. The molecule has 2 aliphatic rings. The fourth-order valence-corrected chi connectivity index (χ4v) is 6.46. The number of nitrogens with one attached hydrogen (secondary N) is 1. The second-order valence-corrected chi connectivity index (χ2v) is 10.8. The highest BCUT2D eigenvalue weighted by Gasteiger charge is 2.37. The third kappa shape index (κ3) is 5.24. The monoisotopic (exact) mass is 518 g/mol. The van der Waals surface area contributed by atoms with Crippen LogP contribution in [0, 0.1) is 5.92 Å². The van der Waals surface area contributed by atoms with Crippen molar-refractivity contribution in [1.82, 2.24) is 20.1 Å². The van der Waals surface area contributed by atoms with Crippen molar-refractivity contribution in [2.45, 2.75) is 57.4 Å². The topological polar surface area (TPSA) is 80.0 Å². The molecule has 6 heteroatoms. The Balaban J connectivity index is 1.19. The van der Waals surface area contributed by atoms with Gasteiger partial charge in [-0.3, -0.25) is 9.78 Å². The number of rotatable bonds is 8. The SMILES string of the molecule is C[C@@H]1C2=C(CC[C@@H]2CC(NC(=O)CCc2ccc(O)cc2)c2ccccc2)Cc2c1cnn2-c1cccnc1. The first-order valence-corrected chi connectivity index (χ1v) is 13.9. The van der Waals surface area contributed by atoms with E-state index in [1.165, 1.54) is 16.8 Å². The van der Waals surface area contributed by atoms with Gasteiger partial charge in [0, 0.05) is 30.5 Å². The average Bonchev–Trinajstić information content (AvgIpc) is 3.58. The van der Waals surface area contributed by atoms with Crippen LogP contribution in [-0.2, 0) is 17.6 Å². The molecule has 2 aromatic heterocycles. The van der Waals surface area contributed by atoms with Crippen molar-refractivity contribution < 1.29 is 9.90 Å². The molecular formula is C33H34N4O2. The molecule has 2 N–H and O–H groups in total. The fourth-order valence-electron chi connectivity index (χ4n) is 6.46. The second-order valence-electron chi connectivity index (χ2n) is 10.8. The normalized spacial score (nSPS) is 18.9. The van der Waals surface area contributed by atoms with Gasteiger partial charge in [-0.1, -0.05) is 60.5 Å². The van der Waals surface area contributed by atoms with Gasteiger partial charge in [-0.25, -0.2) is 4.68 Å². The number of benzene rings is 2. The zero-order chi connectivity index (χ0) is 26.8. The molecule has 0 aliphatic heterocycles. The predicted molar refractivity (Wildman–Crippen MR) is 152 cm³/mol. The van der Waals surface area contributed by atoms with Gasteiger partial charge in [-0.05, 0) is 67.0 Å². The number of aromatic hydroxyl groups is 1. The highest BCUT2D eigenvalue weighted by Crippen LogP contribution is 2.49. The highest BCUT2D eigenvalue weighted by molar-refractivity contribution is 5.76. The van der Waals surface area contributed by atoms with E-state index in [2.05, 4.69) is 40.1 Å². The summed E-state index contributed by atoms with van der Waals surface area (Å²) >= 11 is 0. The molecule has 6 nitrogen and oxygen atoms in total. The first-order chi connectivity index (χ1) is 19.1. The zero-order valence-electron chi connectivity index (χ0n) is 22.3. The Hall–Kier alpha value is -4.19. The molecule has 6 rings (SSSR count). The van der Waals surface area contributed by atoms with Crippen molar-refractivity contribution in [3.63, 3.8) is 0 Å². The van der Waals surface area contributed by atoms with E-state index in [1.54, 1.807) is 23.9 Å². The Labute approximate surface area is 229 Å². The largest absolute Gasteiger partial charge is 0.508 e. The Bertz CT molecular complexity index is 1480. The number of amides is 1. The number of carbonyl (C=O) groups excluding carboxylic acids is 1. The lowest BCUT2D eigenvalue weighted by molar-refractivity contribution is -0.121. The number of fused-ring (bicyclic) bond motifs is 1. The lowest BCUT2D eigenvalue weighted by Gasteiger charge is -2.30. The Kier molecular flexibility index (Phi) is 7.01. The third-order valence-corrected chi connectivity index (χ3v) is 8.38. The third-order valence-electron chi connectivity index (χ3n) is 8.38. The quantitative estimate of drug-likeness (QED) is 0.272. The van der Waals surface area contributed by atoms with Crippen molar-refractivity contribution in [3.05, 3.63) is 119 Å². The predicted octanol–water partition coefficient (Wildman–Crippen LogP) is 6.22. The molecule has 0 fully saturated rings. The molecule has 2 heterocycles. The Morgan fingerprint density at radius 1 is 1.08 bits per heavy atom. The van der Waals surface area contributed by atoms with Crippen LogP contribution in [0.4, 0.5) is 0 Å². The Morgan fingerprint density at radius 2 is 1.90 bits per heavy atom. The minimum atomic E-state index is -0.0397. The fraction of sp³-hybridized carbons (Fsp3) is 0.303. The van der Waals surface area contributed by atoms with Gasteiger partial charge in [0.15, 0.2) is 0 Å². The van der Waals surface area contributed by atoms with Crippen LogP contribution in [0.1, 0.15) is 67.0 Å². The van der Waals surface area contributed by atoms with Crippen molar-refractivity contribution in [3.8, 4) is 11.4 Å². The first-order valence-electron chi connectivity index (χ1n) is 13.9.